The van der Waals surface area contributed by atoms with Gasteiger partial charge in [0.25, 0.3) is 5.91 Å². The molecule has 1 amide bonds. The molecule has 0 aromatic carbocycles. The van der Waals surface area contributed by atoms with Gasteiger partial charge < -0.3 is 24.1 Å². The van der Waals surface area contributed by atoms with Gasteiger partial charge in [-0.2, -0.15) is 0 Å². The van der Waals surface area contributed by atoms with Gasteiger partial charge in [-0.1, -0.05) is 0 Å². The number of nitrogens with zero attached hydrogens (tertiary/aromatic N) is 5. The Balaban J connectivity index is 0.00000240. The second-order valence-corrected chi connectivity index (χ2v) is 7.28. The summed E-state index contributed by atoms with van der Waals surface area (Å²) in [7, 11) is 1.80. The van der Waals surface area contributed by atoms with Crippen molar-refractivity contribution < 1.29 is 9.21 Å². The van der Waals surface area contributed by atoms with E-state index in [1.54, 1.807) is 19.2 Å². The summed E-state index contributed by atoms with van der Waals surface area (Å²) in [5.74, 6) is 2.46. The topological polar surface area (TPSA) is 78.9 Å². The minimum Gasteiger partial charge on any atom is -0.459 e. The van der Waals surface area contributed by atoms with Gasteiger partial charge in [-0.15, -0.1) is 24.0 Å². The summed E-state index contributed by atoms with van der Waals surface area (Å²) in [5, 5.41) is 3.44. The van der Waals surface area contributed by atoms with Crippen molar-refractivity contribution in [3.05, 3.63) is 41.9 Å². The van der Waals surface area contributed by atoms with Crippen LogP contribution in [0.3, 0.4) is 0 Å². The van der Waals surface area contributed by atoms with Crippen LogP contribution >= 0.6 is 24.0 Å². The third-order valence-electron chi connectivity index (χ3n) is 5.43. The highest BCUT2D eigenvalue weighted by Crippen LogP contribution is 2.14. The zero-order valence-corrected chi connectivity index (χ0v) is 19.2. The molecule has 9 heteroatoms. The Hall–Kier alpha value is -2.04. The molecule has 0 bridgehead atoms. The SMILES string of the molecule is CN=C(NCCc1cn2c(n1)CCCC2)N1CCN(C(=O)c2ccco2)CC1.I. The molecule has 0 radical (unpaired) electrons. The largest absolute Gasteiger partial charge is 0.459 e. The summed E-state index contributed by atoms with van der Waals surface area (Å²) in [5.41, 5.74) is 1.15. The minimum absolute atomic E-state index is 0. The van der Waals surface area contributed by atoms with E-state index in [4.69, 9.17) is 9.40 Å². The van der Waals surface area contributed by atoms with Crippen molar-refractivity contribution in [1.29, 1.82) is 0 Å². The molecule has 0 spiro atoms. The molecular formula is C20H29IN6O2. The summed E-state index contributed by atoms with van der Waals surface area (Å²) >= 11 is 0. The molecule has 8 nitrogen and oxygen atoms in total. The van der Waals surface area contributed by atoms with Gasteiger partial charge in [-0.3, -0.25) is 9.79 Å². The second kappa shape index (κ2) is 10.1. The number of imidazole rings is 1. The number of hydrogen-bond donors (Lipinski definition) is 1. The maximum absolute atomic E-state index is 12.4. The van der Waals surface area contributed by atoms with E-state index < -0.39 is 0 Å². The summed E-state index contributed by atoms with van der Waals surface area (Å²) in [6, 6.07) is 3.45. The number of hydrogen-bond acceptors (Lipinski definition) is 4. The molecule has 1 N–H and O–H groups in total. The number of guanidine groups is 1. The number of rotatable bonds is 4. The molecule has 1 fully saturated rings. The van der Waals surface area contributed by atoms with Crippen LogP contribution in [0.5, 0.6) is 0 Å². The van der Waals surface area contributed by atoms with E-state index in [0.29, 0.717) is 18.8 Å². The summed E-state index contributed by atoms with van der Waals surface area (Å²) in [6.45, 7) is 4.73. The van der Waals surface area contributed by atoms with Crippen molar-refractivity contribution >= 4 is 35.8 Å². The molecule has 0 aliphatic carbocycles. The third-order valence-corrected chi connectivity index (χ3v) is 5.43. The number of carbonyl (C=O) groups excluding carboxylic acids is 1. The molecular weight excluding hydrogens is 483 g/mol. The molecule has 29 heavy (non-hydrogen) atoms. The number of furan rings is 1. The molecule has 4 rings (SSSR count). The first-order valence-electron chi connectivity index (χ1n) is 10.1. The molecule has 4 heterocycles. The van der Waals surface area contributed by atoms with Crippen molar-refractivity contribution in [1.82, 2.24) is 24.7 Å². The van der Waals surface area contributed by atoms with E-state index in [2.05, 4.69) is 26.0 Å². The average molecular weight is 512 g/mol. The minimum atomic E-state index is -0.0451. The molecule has 158 valence electrons. The predicted octanol–water partition coefficient (Wildman–Crippen LogP) is 2.01. The Morgan fingerprint density at radius 3 is 2.69 bits per heavy atom. The highest BCUT2D eigenvalue weighted by atomic mass is 127. The van der Waals surface area contributed by atoms with Gasteiger partial charge in [0.15, 0.2) is 11.7 Å². The van der Waals surface area contributed by atoms with Crippen LogP contribution in [0.1, 0.15) is 34.9 Å². The van der Waals surface area contributed by atoms with Crippen LogP contribution in [0.4, 0.5) is 0 Å². The van der Waals surface area contributed by atoms with Gasteiger partial charge in [-0.25, -0.2) is 4.98 Å². The van der Waals surface area contributed by atoms with E-state index >= 15 is 0 Å². The maximum atomic E-state index is 12.4. The van der Waals surface area contributed by atoms with Crippen molar-refractivity contribution in [2.45, 2.75) is 32.2 Å². The molecule has 0 unspecified atom stereocenters. The van der Waals surface area contributed by atoms with Gasteiger partial charge in [0.2, 0.25) is 0 Å². The van der Waals surface area contributed by atoms with Gasteiger partial charge in [0.1, 0.15) is 5.82 Å². The van der Waals surface area contributed by atoms with Gasteiger partial charge >= 0.3 is 0 Å². The van der Waals surface area contributed by atoms with Crippen LogP contribution < -0.4 is 5.32 Å². The molecule has 1 saturated heterocycles. The Morgan fingerprint density at radius 2 is 2.00 bits per heavy atom. The van der Waals surface area contributed by atoms with Crippen molar-refractivity contribution in [3.63, 3.8) is 0 Å². The zero-order chi connectivity index (χ0) is 19.3. The lowest BCUT2D eigenvalue weighted by atomic mass is 10.2. The molecule has 2 aliphatic heterocycles. The lowest BCUT2D eigenvalue weighted by Gasteiger charge is -2.36. The van der Waals surface area contributed by atoms with Crippen LogP contribution in [0, 0.1) is 0 Å². The van der Waals surface area contributed by atoms with Crippen molar-refractivity contribution in [2.75, 3.05) is 39.8 Å². The number of halogens is 1. The lowest BCUT2D eigenvalue weighted by Crippen LogP contribution is -2.54. The Kier molecular flexibility index (Phi) is 7.57. The fourth-order valence-electron chi connectivity index (χ4n) is 3.90. The van der Waals surface area contributed by atoms with E-state index in [9.17, 15) is 4.79 Å². The number of aromatic nitrogens is 2. The normalized spacial score (nSPS) is 16.9. The van der Waals surface area contributed by atoms with Crippen LogP contribution in [0.2, 0.25) is 0 Å². The summed E-state index contributed by atoms with van der Waals surface area (Å²) in [6.07, 6.45) is 8.20. The van der Waals surface area contributed by atoms with Crippen LogP contribution in [-0.4, -0.2) is 71.0 Å². The number of aryl methyl sites for hydroxylation is 2. The van der Waals surface area contributed by atoms with Crippen molar-refractivity contribution in [3.8, 4) is 0 Å². The van der Waals surface area contributed by atoms with E-state index in [-0.39, 0.29) is 29.9 Å². The van der Waals surface area contributed by atoms with Gasteiger partial charge in [0, 0.05) is 65.4 Å². The highest BCUT2D eigenvalue weighted by molar-refractivity contribution is 14.0. The predicted molar refractivity (Wildman–Crippen MR) is 122 cm³/mol. The van der Waals surface area contributed by atoms with E-state index in [1.165, 1.54) is 24.9 Å². The standard InChI is InChI=1S/C20H28N6O2.HI/c1-21-20(22-8-7-16-15-26-9-3-2-6-18(26)23-16)25-12-10-24(11-13-25)19(27)17-5-4-14-28-17;/h4-5,14-15H,2-3,6-13H2,1H3,(H,21,22);1H. The monoisotopic (exact) mass is 512 g/mol. The Labute approximate surface area is 188 Å². The number of piperazine rings is 1. The molecule has 0 saturated carbocycles. The smallest absolute Gasteiger partial charge is 0.289 e. The molecule has 2 aliphatic rings. The quantitative estimate of drug-likeness (QED) is 0.386. The average Bonchev–Trinajstić information content (AvgIpc) is 3.40. The maximum Gasteiger partial charge on any atom is 0.289 e. The first-order valence-corrected chi connectivity index (χ1v) is 10.1. The van der Waals surface area contributed by atoms with Gasteiger partial charge in [0.05, 0.1) is 12.0 Å². The molecule has 2 aromatic heterocycles. The Bertz CT molecular complexity index is 801. The van der Waals surface area contributed by atoms with Crippen molar-refractivity contribution in [2.24, 2.45) is 4.99 Å². The van der Waals surface area contributed by atoms with Gasteiger partial charge in [-0.05, 0) is 25.0 Å². The number of amides is 1. The second-order valence-electron chi connectivity index (χ2n) is 7.28. The highest BCUT2D eigenvalue weighted by Gasteiger charge is 2.25. The van der Waals surface area contributed by atoms with Crippen LogP contribution in [-0.2, 0) is 19.4 Å². The first kappa shape index (κ1) is 21.7. The van der Waals surface area contributed by atoms with Crippen LogP contribution in [0.15, 0.2) is 34.0 Å². The summed E-state index contributed by atoms with van der Waals surface area (Å²) in [4.78, 5) is 25.6. The number of carbonyl (C=O) groups is 1. The molecule has 2 aromatic rings. The fraction of sp³-hybridized carbons (Fsp3) is 0.550. The fourth-order valence-corrected chi connectivity index (χ4v) is 3.90. The lowest BCUT2D eigenvalue weighted by molar-refractivity contribution is 0.0658. The molecule has 0 atom stereocenters. The third kappa shape index (κ3) is 5.12. The number of nitrogens with one attached hydrogen (secondary N) is 1. The van der Waals surface area contributed by atoms with Crippen LogP contribution in [0.25, 0.3) is 0 Å². The Morgan fingerprint density at radius 1 is 1.21 bits per heavy atom. The summed E-state index contributed by atoms with van der Waals surface area (Å²) < 4.78 is 7.52. The number of fused-ring (bicyclic) bond motifs is 1. The number of aliphatic imine (C=N–C) groups is 1. The van der Waals surface area contributed by atoms with E-state index in [0.717, 1.165) is 50.7 Å². The van der Waals surface area contributed by atoms with E-state index in [1.807, 2.05) is 4.90 Å². The first-order chi connectivity index (χ1) is 13.7. The zero-order valence-electron chi connectivity index (χ0n) is 16.8.